The Kier molecular flexibility index (Phi) is 3.71. The van der Waals surface area contributed by atoms with Crippen molar-refractivity contribution in [1.82, 2.24) is 0 Å². The molecule has 2 aromatic rings. The molecule has 0 fully saturated rings. The van der Waals surface area contributed by atoms with Crippen molar-refractivity contribution in [2.75, 3.05) is 0 Å². The fourth-order valence-electron chi connectivity index (χ4n) is 3.57. The summed E-state index contributed by atoms with van der Waals surface area (Å²) >= 11 is 1.81. The largest absolute Gasteiger partial charge is 0.383 e. The number of hydrogen-bond donors (Lipinski definition) is 1. The Balaban J connectivity index is 2.11. The standard InChI is InChI=1S/C19H24OS/c1-10-11(2)13(4)18(14(5)12(10)3)19(20)17-9-15-7-6-8-16(15)21-17/h9,19-20H,6-8H2,1-5H3. The number of aliphatic hydroxyl groups excluding tert-OH is 1. The number of thiophene rings is 1. The summed E-state index contributed by atoms with van der Waals surface area (Å²) in [6.45, 7) is 10.8. The molecular weight excluding hydrogens is 276 g/mol. The molecule has 0 bridgehead atoms. The summed E-state index contributed by atoms with van der Waals surface area (Å²) in [5.74, 6) is 0. The van der Waals surface area contributed by atoms with Gasteiger partial charge >= 0.3 is 0 Å². The first-order valence-corrected chi connectivity index (χ1v) is 8.59. The fraction of sp³-hybridized carbons (Fsp3) is 0.474. The van der Waals surface area contributed by atoms with Gasteiger partial charge in [-0.25, -0.2) is 0 Å². The number of aliphatic hydroxyl groups is 1. The Morgan fingerprint density at radius 3 is 2.05 bits per heavy atom. The Morgan fingerprint density at radius 2 is 1.48 bits per heavy atom. The molecule has 0 aliphatic heterocycles. The molecule has 0 saturated heterocycles. The van der Waals surface area contributed by atoms with E-state index in [2.05, 4.69) is 40.7 Å². The lowest BCUT2D eigenvalue weighted by Gasteiger charge is -2.22. The van der Waals surface area contributed by atoms with Crippen LogP contribution in [0.4, 0.5) is 0 Å². The van der Waals surface area contributed by atoms with E-state index in [9.17, 15) is 5.11 Å². The van der Waals surface area contributed by atoms with Crippen LogP contribution in [0.15, 0.2) is 6.07 Å². The van der Waals surface area contributed by atoms with Crippen molar-refractivity contribution in [3.8, 4) is 0 Å². The van der Waals surface area contributed by atoms with Crippen LogP contribution >= 0.6 is 11.3 Å². The van der Waals surface area contributed by atoms with Gasteiger partial charge in [0, 0.05) is 9.75 Å². The Hall–Kier alpha value is -1.12. The van der Waals surface area contributed by atoms with Crippen molar-refractivity contribution in [3.05, 3.63) is 54.8 Å². The third kappa shape index (κ3) is 2.25. The van der Waals surface area contributed by atoms with E-state index in [-0.39, 0.29) is 0 Å². The minimum Gasteiger partial charge on any atom is -0.383 e. The molecule has 1 nitrogen and oxygen atoms in total. The van der Waals surface area contributed by atoms with Crippen molar-refractivity contribution in [2.45, 2.75) is 60.0 Å². The molecule has 2 heteroatoms. The van der Waals surface area contributed by atoms with E-state index < -0.39 is 6.10 Å². The molecule has 112 valence electrons. The molecule has 1 aliphatic rings. The van der Waals surface area contributed by atoms with Gasteiger partial charge in [0.1, 0.15) is 6.10 Å². The van der Waals surface area contributed by atoms with Crippen LogP contribution in [0.5, 0.6) is 0 Å². The lowest BCUT2D eigenvalue weighted by atomic mass is 9.87. The highest BCUT2D eigenvalue weighted by Gasteiger charge is 2.24. The van der Waals surface area contributed by atoms with E-state index in [1.807, 2.05) is 11.3 Å². The molecule has 21 heavy (non-hydrogen) atoms. The van der Waals surface area contributed by atoms with Crippen molar-refractivity contribution in [2.24, 2.45) is 0 Å². The molecule has 1 unspecified atom stereocenters. The third-order valence-electron chi connectivity index (χ3n) is 5.37. The SMILES string of the molecule is Cc1c(C)c(C)c(C(O)c2cc3c(s2)CCC3)c(C)c1C. The highest BCUT2D eigenvalue weighted by atomic mass is 32.1. The maximum Gasteiger partial charge on any atom is 0.114 e. The molecule has 1 aliphatic carbocycles. The van der Waals surface area contributed by atoms with E-state index in [0.717, 1.165) is 10.4 Å². The lowest BCUT2D eigenvalue weighted by Crippen LogP contribution is -2.08. The number of fused-ring (bicyclic) bond motifs is 1. The Morgan fingerprint density at radius 1 is 0.905 bits per heavy atom. The van der Waals surface area contributed by atoms with Crippen LogP contribution in [0.2, 0.25) is 0 Å². The van der Waals surface area contributed by atoms with Crippen molar-refractivity contribution in [3.63, 3.8) is 0 Å². The monoisotopic (exact) mass is 300 g/mol. The van der Waals surface area contributed by atoms with Gasteiger partial charge in [0.15, 0.2) is 0 Å². The third-order valence-corrected chi connectivity index (χ3v) is 6.66. The molecule has 3 rings (SSSR count). The zero-order valence-electron chi connectivity index (χ0n) is 13.6. The highest BCUT2D eigenvalue weighted by Crippen LogP contribution is 2.39. The first-order valence-electron chi connectivity index (χ1n) is 7.78. The van der Waals surface area contributed by atoms with Gasteiger partial charge in [-0.3, -0.25) is 0 Å². The van der Waals surface area contributed by atoms with Crippen molar-refractivity contribution < 1.29 is 5.11 Å². The van der Waals surface area contributed by atoms with Crippen LogP contribution in [-0.2, 0) is 12.8 Å². The molecule has 0 saturated carbocycles. The molecule has 1 atom stereocenters. The van der Waals surface area contributed by atoms with Gasteiger partial charge in [-0.1, -0.05) is 0 Å². The summed E-state index contributed by atoms with van der Waals surface area (Å²) in [4.78, 5) is 2.61. The lowest BCUT2D eigenvalue weighted by molar-refractivity contribution is 0.222. The second-order valence-corrected chi connectivity index (χ2v) is 7.56. The zero-order valence-corrected chi connectivity index (χ0v) is 14.4. The molecule has 1 N–H and O–H groups in total. The van der Waals surface area contributed by atoms with Gasteiger partial charge in [-0.2, -0.15) is 0 Å². The number of hydrogen-bond acceptors (Lipinski definition) is 2. The molecular formula is C19H24OS. The van der Waals surface area contributed by atoms with E-state index in [1.165, 1.54) is 57.5 Å². The maximum absolute atomic E-state index is 11.0. The first-order chi connectivity index (χ1) is 9.91. The van der Waals surface area contributed by atoms with Crippen molar-refractivity contribution >= 4 is 11.3 Å². The average molecular weight is 300 g/mol. The molecule has 0 spiro atoms. The van der Waals surface area contributed by atoms with Crippen LogP contribution in [0, 0.1) is 34.6 Å². The fourth-order valence-corrected chi connectivity index (χ4v) is 4.82. The van der Waals surface area contributed by atoms with Gasteiger partial charge < -0.3 is 5.11 Å². The molecule has 0 amide bonds. The van der Waals surface area contributed by atoms with E-state index in [4.69, 9.17) is 0 Å². The van der Waals surface area contributed by atoms with E-state index in [0.29, 0.717) is 0 Å². The summed E-state index contributed by atoms with van der Waals surface area (Å²) in [7, 11) is 0. The van der Waals surface area contributed by atoms with Crippen molar-refractivity contribution in [1.29, 1.82) is 0 Å². The molecule has 0 radical (unpaired) electrons. The van der Waals surface area contributed by atoms with Gasteiger partial charge in [0.2, 0.25) is 0 Å². The normalized spacial score (nSPS) is 15.3. The first kappa shape index (κ1) is 14.8. The highest BCUT2D eigenvalue weighted by molar-refractivity contribution is 7.12. The van der Waals surface area contributed by atoms with Gasteiger partial charge in [-0.15, -0.1) is 11.3 Å². The zero-order chi connectivity index (χ0) is 15.3. The summed E-state index contributed by atoms with van der Waals surface area (Å²) in [5, 5.41) is 11.0. The number of rotatable bonds is 2. The Bertz CT molecular complexity index is 658. The van der Waals surface area contributed by atoms with E-state index >= 15 is 0 Å². The van der Waals surface area contributed by atoms with Crippen LogP contribution in [-0.4, -0.2) is 5.11 Å². The predicted octanol–water partition coefficient (Wildman–Crippen LogP) is 4.86. The summed E-state index contributed by atoms with van der Waals surface area (Å²) in [6, 6.07) is 2.24. The van der Waals surface area contributed by atoms with Crippen LogP contribution in [0.25, 0.3) is 0 Å². The molecule has 1 heterocycles. The van der Waals surface area contributed by atoms with Gasteiger partial charge in [0.25, 0.3) is 0 Å². The summed E-state index contributed by atoms with van der Waals surface area (Å²) in [5.41, 5.74) is 9.07. The summed E-state index contributed by atoms with van der Waals surface area (Å²) in [6.07, 6.45) is 3.18. The Labute approximate surface area is 131 Å². The summed E-state index contributed by atoms with van der Waals surface area (Å²) < 4.78 is 0. The quantitative estimate of drug-likeness (QED) is 0.839. The maximum atomic E-state index is 11.0. The minimum atomic E-state index is -0.474. The van der Waals surface area contributed by atoms with Gasteiger partial charge in [0.05, 0.1) is 0 Å². The van der Waals surface area contributed by atoms with E-state index in [1.54, 1.807) is 0 Å². The minimum absolute atomic E-state index is 0.474. The number of aryl methyl sites for hydroxylation is 2. The van der Waals surface area contributed by atoms with Crippen LogP contribution in [0.3, 0.4) is 0 Å². The molecule has 1 aromatic heterocycles. The van der Waals surface area contributed by atoms with Crippen LogP contribution in [0.1, 0.15) is 61.2 Å². The van der Waals surface area contributed by atoms with Gasteiger partial charge in [-0.05, 0) is 98.9 Å². The second kappa shape index (κ2) is 5.26. The number of benzene rings is 1. The smallest absolute Gasteiger partial charge is 0.114 e. The molecule has 1 aromatic carbocycles. The second-order valence-electron chi connectivity index (χ2n) is 6.39. The average Bonchev–Trinajstić information content (AvgIpc) is 3.04. The van der Waals surface area contributed by atoms with Crippen LogP contribution < -0.4 is 0 Å². The predicted molar refractivity (Wildman–Crippen MR) is 90.5 cm³/mol. The topological polar surface area (TPSA) is 20.2 Å².